The van der Waals surface area contributed by atoms with Crippen LogP contribution in [0.15, 0.2) is 48.5 Å². The predicted octanol–water partition coefficient (Wildman–Crippen LogP) is 2.34. The van der Waals surface area contributed by atoms with E-state index in [0.717, 1.165) is 22.6 Å². The van der Waals surface area contributed by atoms with Crippen molar-refractivity contribution < 1.29 is 14.6 Å². The number of anilines is 1. The van der Waals surface area contributed by atoms with Crippen molar-refractivity contribution in [3.05, 3.63) is 59.7 Å². The molecule has 2 N–H and O–H groups in total. The molecule has 3 rings (SSSR count). The van der Waals surface area contributed by atoms with Crippen molar-refractivity contribution in [1.29, 1.82) is 0 Å². The van der Waals surface area contributed by atoms with Gasteiger partial charge in [0.15, 0.2) is 0 Å². The highest BCUT2D eigenvalue weighted by Gasteiger charge is 2.29. The quantitative estimate of drug-likeness (QED) is 0.905. The summed E-state index contributed by atoms with van der Waals surface area (Å²) in [5, 5.41) is 11.8. The average molecular weight is 283 g/mol. The van der Waals surface area contributed by atoms with E-state index < -0.39 is 0 Å². The Morgan fingerprint density at radius 2 is 1.95 bits per heavy atom. The second-order valence-electron chi connectivity index (χ2n) is 5.06. The Hall–Kier alpha value is -2.33. The lowest BCUT2D eigenvalue weighted by Gasteiger charge is -2.10. The van der Waals surface area contributed by atoms with Gasteiger partial charge < -0.3 is 15.2 Å². The summed E-state index contributed by atoms with van der Waals surface area (Å²) in [7, 11) is 0. The largest absolute Gasteiger partial charge is 0.492 e. The van der Waals surface area contributed by atoms with E-state index in [-0.39, 0.29) is 18.4 Å². The summed E-state index contributed by atoms with van der Waals surface area (Å²) in [6.07, 6.45) is 0.623. The maximum absolute atomic E-state index is 12.4. The molecule has 108 valence electrons. The van der Waals surface area contributed by atoms with Crippen LogP contribution in [-0.2, 0) is 11.2 Å². The Morgan fingerprint density at radius 1 is 1.19 bits per heavy atom. The minimum atomic E-state index is -0.265. The van der Waals surface area contributed by atoms with Crippen LogP contribution in [0.25, 0.3) is 0 Å². The topological polar surface area (TPSA) is 58.6 Å². The molecule has 0 saturated heterocycles. The molecule has 0 aliphatic carbocycles. The fourth-order valence-corrected chi connectivity index (χ4v) is 2.49. The molecule has 1 atom stereocenters. The molecule has 1 heterocycles. The lowest BCUT2D eigenvalue weighted by molar-refractivity contribution is -0.117. The van der Waals surface area contributed by atoms with Crippen molar-refractivity contribution in [2.45, 2.75) is 12.3 Å². The van der Waals surface area contributed by atoms with Crippen LogP contribution in [0.3, 0.4) is 0 Å². The van der Waals surface area contributed by atoms with Gasteiger partial charge in [-0.1, -0.05) is 30.3 Å². The van der Waals surface area contributed by atoms with E-state index in [1.54, 1.807) is 0 Å². The van der Waals surface area contributed by atoms with Crippen LogP contribution in [0.2, 0.25) is 0 Å². The number of ether oxygens (including phenoxy) is 1. The zero-order valence-electron chi connectivity index (χ0n) is 11.6. The van der Waals surface area contributed by atoms with Gasteiger partial charge in [0.25, 0.3) is 0 Å². The lowest BCUT2D eigenvalue weighted by atomic mass is 10.0. The number of para-hydroxylation sites is 1. The van der Waals surface area contributed by atoms with E-state index >= 15 is 0 Å². The molecule has 4 heteroatoms. The number of rotatable bonds is 4. The molecule has 0 aromatic heterocycles. The van der Waals surface area contributed by atoms with Crippen molar-refractivity contribution in [3.8, 4) is 5.75 Å². The van der Waals surface area contributed by atoms with Crippen molar-refractivity contribution >= 4 is 11.6 Å². The van der Waals surface area contributed by atoms with Crippen LogP contribution in [0.5, 0.6) is 5.75 Å². The van der Waals surface area contributed by atoms with E-state index in [2.05, 4.69) is 5.32 Å². The molecular formula is C17H17NO3. The number of aliphatic hydroxyl groups excluding tert-OH is 1. The van der Waals surface area contributed by atoms with E-state index in [9.17, 15) is 4.79 Å². The number of carbonyl (C=O) groups excluding carboxylic acids is 1. The standard InChI is InChI=1S/C17H17NO3/c19-10-9-12-5-7-13(8-6-12)18-17(20)15-11-21-16-4-2-1-3-14(15)16/h1-8,15,19H,9-11H2,(H,18,20). The third kappa shape index (κ3) is 2.90. The Morgan fingerprint density at radius 3 is 2.71 bits per heavy atom. The smallest absolute Gasteiger partial charge is 0.235 e. The number of benzene rings is 2. The highest BCUT2D eigenvalue weighted by Crippen LogP contribution is 2.34. The van der Waals surface area contributed by atoms with Crippen molar-refractivity contribution in [2.75, 3.05) is 18.5 Å². The molecule has 1 unspecified atom stereocenters. The van der Waals surface area contributed by atoms with E-state index in [0.29, 0.717) is 13.0 Å². The summed E-state index contributed by atoms with van der Waals surface area (Å²) in [5.74, 6) is 0.462. The minimum Gasteiger partial charge on any atom is -0.492 e. The van der Waals surface area contributed by atoms with E-state index in [4.69, 9.17) is 9.84 Å². The molecule has 0 radical (unpaired) electrons. The van der Waals surface area contributed by atoms with Crippen LogP contribution in [0.4, 0.5) is 5.69 Å². The number of hydrogen-bond acceptors (Lipinski definition) is 3. The van der Waals surface area contributed by atoms with Gasteiger partial charge in [-0.3, -0.25) is 4.79 Å². The number of hydrogen-bond donors (Lipinski definition) is 2. The summed E-state index contributed by atoms with van der Waals surface area (Å²) < 4.78 is 5.53. The molecule has 1 aliphatic rings. The fourth-order valence-electron chi connectivity index (χ4n) is 2.49. The predicted molar refractivity (Wildman–Crippen MR) is 80.5 cm³/mol. The van der Waals surface area contributed by atoms with Gasteiger partial charge >= 0.3 is 0 Å². The molecule has 2 aromatic rings. The molecular weight excluding hydrogens is 266 g/mol. The second-order valence-corrected chi connectivity index (χ2v) is 5.06. The summed E-state index contributed by atoms with van der Waals surface area (Å²) >= 11 is 0. The first-order valence-corrected chi connectivity index (χ1v) is 7.00. The third-order valence-electron chi connectivity index (χ3n) is 3.64. The van der Waals surface area contributed by atoms with Gasteiger partial charge in [-0.25, -0.2) is 0 Å². The molecule has 1 aliphatic heterocycles. The van der Waals surface area contributed by atoms with Gasteiger partial charge in [0.1, 0.15) is 18.3 Å². The maximum atomic E-state index is 12.4. The highest BCUT2D eigenvalue weighted by molar-refractivity contribution is 5.96. The Bertz CT molecular complexity index is 637. The van der Waals surface area contributed by atoms with Gasteiger partial charge in [0.05, 0.1) is 0 Å². The monoisotopic (exact) mass is 283 g/mol. The molecule has 2 aromatic carbocycles. The summed E-state index contributed by atoms with van der Waals surface area (Å²) in [4.78, 5) is 12.4. The summed E-state index contributed by atoms with van der Waals surface area (Å²) in [6.45, 7) is 0.510. The normalized spacial score (nSPS) is 16.1. The number of nitrogens with one attached hydrogen (secondary N) is 1. The van der Waals surface area contributed by atoms with Crippen LogP contribution in [0.1, 0.15) is 17.0 Å². The molecule has 0 bridgehead atoms. The molecule has 21 heavy (non-hydrogen) atoms. The molecule has 1 amide bonds. The summed E-state index contributed by atoms with van der Waals surface area (Å²) in [6, 6.07) is 15.1. The van der Waals surface area contributed by atoms with Crippen LogP contribution in [-0.4, -0.2) is 24.2 Å². The zero-order valence-corrected chi connectivity index (χ0v) is 11.6. The second kappa shape index (κ2) is 5.97. The highest BCUT2D eigenvalue weighted by atomic mass is 16.5. The lowest BCUT2D eigenvalue weighted by Crippen LogP contribution is -2.22. The van der Waals surface area contributed by atoms with Crippen LogP contribution >= 0.6 is 0 Å². The Balaban J connectivity index is 1.70. The molecule has 4 nitrogen and oxygen atoms in total. The summed E-state index contributed by atoms with van der Waals surface area (Å²) in [5.41, 5.74) is 2.74. The van der Waals surface area contributed by atoms with Gasteiger partial charge in [-0.05, 0) is 30.2 Å². The molecule has 0 fully saturated rings. The van der Waals surface area contributed by atoms with E-state index in [1.807, 2.05) is 48.5 Å². The van der Waals surface area contributed by atoms with Crippen LogP contribution in [0, 0.1) is 0 Å². The van der Waals surface area contributed by atoms with Crippen molar-refractivity contribution in [2.24, 2.45) is 0 Å². The minimum absolute atomic E-state index is 0.0603. The Kier molecular flexibility index (Phi) is 3.88. The van der Waals surface area contributed by atoms with Gasteiger partial charge in [0.2, 0.25) is 5.91 Å². The first-order chi connectivity index (χ1) is 10.3. The maximum Gasteiger partial charge on any atom is 0.235 e. The van der Waals surface area contributed by atoms with Crippen LogP contribution < -0.4 is 10.1 Å². The first kappa shape index (κ1) is 13.6. The average Bonchev–Trinajstić information content (AvgIpc) is 2.93. The number of fused-ring (bicyclic) bond motifs is 1. The third-order valence-corrected chi connectivity index (χ3v) is 3.64. The molecule has 0 spiro atoms. The van der Waals surface area contributed by atoms with E-state index in [1.165, 1.54) is 0 Å². The van der Waals surface area contributed by atoms with Crippen molar-refractivity contribution in [1.82, 2.24) is 0 Å². The zero-order chi connectivity index (χ0) is 14.7. The first-order valence-electron chi connectivity index (χ1n) is 7.00. The van der Waals surface area contributed by atoms with Gasteiger partial charge in [-0.15, -0.1) is 0 Å². The van der Waals surface area contributed by atoms with Crippen molar-refractivity contribution in [3.63, 3.8) is 0 Å². The van der Waals surface area contributed by atoms with Gasteiger partial charge in [0, 0.05) is 17.9 Å². The van der Waals surface area contributed by atoms with Gasteiger partial charge in [-0.2, -0.15) is 0 Å². The number of carbonyl (C=O) groups is 1. The molecule has 0 saturated carbocycles. The fraction of sp³-hybridized carbons (Fsp3) is 0.235. The SMILES string of the molecule is O=C(Nc1ccc(CCO)cc1)C1COc2ccccc21. The Labute approximate surface area is 123 Å². The number of aliphatic hydroxyl groups is 1. The number of amides is 1.